The van der Waals surface area contributed by atoms with Crippen LogP contribution in [0.2, 0.25) is 0 Å². The number of likely N-dealkylation sites (tertiary alicyclic amines) is 1. The van der Waals surface area contributed by atoms with Gasteiger partial charge in [0.1, 0.15) is 6.61 Å². The summed E-state index contributed by atoms with van der Waals surface area (Å²) in [5, 5.41) is 0. The van der Waals surface area contributed by atoms with Gasteiger partial charge in [-0.1, -0.05) is 24.8 Å². The van der Waals surface area contributed by atoms with Gasteiger partial charge in [0.15, 0.2) is 11.5 Å². The molecule has 3 nitrogen and oxygen atoms in total. The van der Waals surface area contributed by atoms with Gasteiger partial charge in [0, 0.05) is 6.42 Å². The van der Waals surface area contributed by atoms with Crippen LogP contribution in [0, 0.1) is 0 Å². The molecule has 1 aromatic carbocycles. The normalized spacial score (nSPS) is 15.8. The quantitative estimate of drug-likeness (QED) is 0.580. The number of hydrogen-bond acceptors (Lipinski definition) is 2. The molecule has 1 saturated heterocycles. The fraction of sp³-hybridized carbons (Fsp3) is 0.529. The van der Waals surface area contributed by atoms with Gasteiger partial charge in [-0.25, -0.2) is 0 Å². The van der Waals surface area contributed by atoms with Gasteiger partial charge in [0.25, 0.3) is 0 Å². The molecule has 0 unspecified atom stereocenters. The molecule has 0 bridgehead atoms. The number of ether oxygens (including phenoxy) is 2. The third kappa shape index (κ3) is 4.89. The van der Waals surface area contributed by atoms with Crippen molar-refractivity contribution in [3.63, 3.8) is 0 Å². The van der Waals surface area contributed by atoms with Gasteiger partial charge in [0.05, 0.1) is 26.2 Å². The lowest BCUT2D eigenvalue weighted by molar-refractivity contribution is -0.905. The Bertz CT molecular complexity index is 400. The Labute approximate surface area is 122 Å². The van der Waals surface area contributed by atoms with Crippen molar-refractivity contribution in [3.8, 4) is 11.5 Å². The first-order valence-corrected chi connectivity index (χ1v) is 7.69. The third-order valence-corrected chi connectivity index (χ3v) is 3.70. The SMILES string of the molecule is C=CCOc1ccccc1OCCC[NH+]1CCCCC1. The Kier molecular flexibility index (Phi) is 6.45. The van der Waals surface area contributed by atoms with Crippen molar-refractivity contribution >= 4 is 0 Å². The molecule has 1 fully saturated rings. The lowest BCUT2D eigenvalue weighted by atomic mass is 10.1. The molecular weight excluding hydrogens is 250 g/mol. The summed E-state index contributed by atoms with van der Waals surface area (Å²) in [7, 11) is 0. The maximum absolute atomic E-state index is 5.85. The van der Waals surface area contributed by atoms with Crippen molar-refractivity contribution in [1.29, 1.82) is 0 Å². The predicted octanol–water partition coefficient (Wildman–Crippen LogP) is 2.09. The Morgan fingerprint density at radius 3 is 2.45 bits per heavy atom. The highest BCUT2D eigenvalue weighted by Gasteiger charge is 2.12. The van der Waals surface area contributed by atoms with E-state index >= 15 is 0 Å². The van der Waals surface area contributed by atoms with Crippen LogP contribution in [0.3, 0.4) is 0 Å². The molecule has 0 aromatic heterocycles. The van der Waals surface area contributed by atoms with Crippen LogP contribution in [0.4, 0.5) is 0 Å². The highest BCUT2D eigenvalue weighted by molar-refractivity contribution is 5.39. The van der Waals surface area contributed by atoms with E-state index in [9.17, 15) is 0 Å². The molecule has 2 rings (SSSR count). The second kappa shape index (κ2) is 8.64. The molecular formula is C17H26NO2+. The van der Waals surface area contributed by atoms with Crippen LogP contribution in [-0.2, 0) is 0 Å². The zero-order chi connectivity index (χ0) is 14.0. The minimum absolute atomic E-state index is 0.512. The molecule has 0 radical (unpaired) electrons. The number of para-hydroxylation sites is 2. The van der Waals surface area contributed by atoms with E-state index in [0.717, 1.165) is 24.5 Å². The molecule has 0 aliphatic carbocycles. The maximum Gasteiger partial charge on any atom is 0.161 e. The van der Waals surface area contributed by atoms with Gasteiger partial charge < -0.3 is 14.4 Å². The highest BCUT2D eigenvalue weighted by Crippen LogP contribution is 2.26. The summed E-state index contributed by atoms with van der Waals surface area (Å²) >= 11 is 0. The minimum Gasteiger partial charge on any atom is -0.489 e. The number of piperidine rings is 1. The fourth-order valence-electron chi connectivity index (χ4n) is 2.64. The Hall–Kier alpha value is -1.48. The van der Waals surface area contributed by atoms with Crippen molar-refractivity contribution < 1.29 is 14.4 Å². The van der Waals surface area contributed by atoms with Crippen LogP contribution in [-0.4, -0.2) is 32.8 Å². The van der Waals surface area contributed by atoms with Crippen LogP contribution in [0.15, 0.2) is 36.9 Å². The van der Waals surface area contributed by atoms with Crippen molar-refractivity contribution in [3.05, 3.63) is 36.9 Å². The lowest BCUT2D eigenvalue weighted by Crippen LogP contribution is -3.12. The van der Waals surface area contributed by atoms with Crippen LogP contribution in [0.25, 0.3) is 0 Å². The minimum atomic E-state index is 0.512. The number of hydrogen-bond donors (Lipinski definition) is 1. The van der Waals surface area contributed by atoms with Crippen molar-refractivity contribution in [1.82, 2.24) is 0 Å². The van der Waals surface area contributed by atoms with Gasteiger partial charge in [-0.05, 0) is 31.4 Å². The van der Waals surface area contributed by atoms with Gasteiger partial charge in [-0.3, -0.25) is 0 Å². The molecule has 0 atom stereocenters. The summed E-state index contributed by atoms with van der Waals surface area (Å²) in [4.78, 5) is 1.73. The molecule has 110 valence electrons. The summed E-state index contributed by atoms with van der Waals surface area (Å²) in [6, 6.07) is 7.84. The van der Waals surface area contributed by atoms with Gasteiger partial charge in [-0.15, -0.1) is 0 Å². The standard InChI is InChI=1S/C17H25NO2/c1-2-14-19-16-9-4-5-10-17(16)20-15-8-13-18-11-6-3-7-12-18/h2,4-5,9-10H,1,3,6-8,11-15H2/p+1. The molecule has 0 amide bonds. The Morgan fingerprint density at radius 1 is 1.05 bits per heavy atom. The van der Waals surface area contributed by atoms with E-state index in [4.69, 9.17) is 9.47 Å². The average molecular weight is 276 g/mol. The second-order valence-electron chi connectivity index (χ2n) is 5.31. The van der Waals surface area contributed by atoms with Crippen molar-refractivity contribution in [2.75, 3.05) is 32.8 Å². The van der Waals surface area contributed by atoms with E-state index in [-0.39, 0.29) is 0 Å². The summed E-state index contributed by atoms with van der Waals surface area (Å²) in [5.74, 6) is 1.64. The zero-order valence-electron chi connectivity index (χ0n) is 12.3. The first-order valence-electron chi connectivity index (χ1n) is 7.69. The molecule has 1 aliphatic heterocycles. The van der Waals surface area contributed by atoms with Gasteiger partial charge in [-0.2, -0.15) is 0 Å². The zero-order valence-corrected chi connectivity index (χ0v) is 12.3. The molecule has 1 aliphatic rings. The molecule has 1 aromatic rings. The number of benzene rings is 1. The fourth-order valence-corrected chi connectivity index (χ4v) is 2.64. The summed E-state index contributed by atoms with van der Waals surface area (Å²) in [6.07, 6.45) is 7.03. The predicted molar refractivity (Wildman–Crippen MR) is 81.7 cm³/mol. The molecule has 3 heteroatoms. The molecule has 1 N–H and O–H groups in total. The summed E-state index contributed by atoms with van der Waals surface area (Å²) < 4.78 is 11.4. The third-order valence-electron chi connectivity index (χ3n) is 3.70. The number of rotatable bonds is 8. The van der Waals surface area contributed by atoms with Gasteiger partial charge in [0.2, 0.25) is 0 Å². The molecule has 20 heavy (non-hydrogen) atoms. The number of quaternary nitrogens is 1. The largest absolute Gasteiger partial charge is 0.489 e. The summed E-state index contributed by atoms with van der Waals surface area (Å²) in [6.45, 7) is 8.82. The van der Waals surface area contributed by atoms with E-state index in [2.05, 4.69) is 6.58 Å². The lowest BCUT2D eigenvalue weighted by Gasteiger charge is -2.23. The maximum atomic E-state index is 5.85. The van der Waals surface area contributed by atoms with Gasteiger partial charge >= 0.3 is 0 Å². The molecule has 0 spiro atoms. The van der Waals surface area contributed by atoms with E-state index in [1.807, 2.05) is 24.3 Å². The van der Waals surface area contributed by atoms with Crippen LogP contribution >= 0.6 is 0 Å². The van der Waals surface area contributed by atoms with Crippen molar-refractivity contribution in [2.45, 2.75) is 25.7 Å². The smallest absolute Gasteiger partial charge is 0.161 e. The highest BCUT2D eigenvalue weighted by atomic mass is 16.5. The van der Waals surface area contributed by atoms with Crippen molar-refractivity contribution in [2.24, 2.45) is 0 Å². The first-order chi connectivity index (χ1) is 9.90. The van der Waals surface area contributed by atoms with E-state index in [1.54, 1.807) is 11.0 Å². The molecule has 0 saturated carbocycles. The van der Waals surface area contributed by atoms with E-state index in [0.29, 0.717) is 6.61 Å². The van der Waals surface area contributed by atoms with Crippen LogP contribution < -0.4 is 14.4 Å². The average Bonchev–Trinajstić information content (AvgIpc) is 2.51. The topological polar surface area (TPSA) is 22.9 Å². The van der Waals surface area contributed by atoms with Crippen LogP contribution in [0.5, 0.6) is 11.5 Å². The van der Waals surface area contributed by atoms with E-state index in [1.165, 1.54) is 38.9 Å². The monoisotopic (exact) mass is 276 g/mol. The second-order valence-corrected chi connectivity index (χ2v) is 5.31. The Morgan fingerprint density at radius 2 is 1.75 bits per heavy atom. The molecule has 1 heterocycles. The van der Waals surface area contributed by atoms with E-state index < -0.39 is 0 Å². The summed E-state index contributed by atoms with van der Waals surface area (Å²) in [5.41, 5.74) is 0. The number of nitrogens with one attached hydrogen (secondary N) is 1. The Balaban J connectivity index is 1.71. The first kappa shape index (κ1) is 14.9. The van der Waals surface area contributed by atoms with Crippen LogP contribution in [0.1, 0.15) is 25.7 Å².